The minimum atomic E-state index is -0.850. The van der Waals surface area contributed by atoms with Gasteiger partial charge in [0.1, 0.15) is 0 Å². The maximum Gasteiger partial charge on any atom is 0.328 e. The third kappa shape index (κ3) is 17.4. The van der Waals surface area contributed by atoms with Crippen LogP contribution in [0, 0.1) is 90.7 Å². The molecule has 16 atom stereocenters. The van der Waals surface area contributed by atoms with Gasteiger partial charge >= 0.3 is 23.9 Å². The van der Waals surface area contributed by atoms with Crippen molar-refractivity contribution >= 4 is 23.9 Å². The van der Waals surface area contributed by atoms with E-state index in [2.05, 4.69) is 107 Å². The second kappa shape index (κ2) is 32.6. The molecule has 8 aliphatic carbocycles. The summed E-state index contributed by atoms with van der Waals surface area (Å²) in [5, 5.41) is 74.9. The van der Waals surface area contributed by atoms with E-state index in [4.69, 9.17) is 20.4 Å². The zero-order chi connectivity index (χ0) is 69.0. The minimum Gasteiger partial charge on any atom is -0.478 e. The molecule has 0 spiro atoms. The van der Waals surface area contributed by atoms with Gasteiger partial charge in [0.25, 0.3) is 0 Å². The molecule has 4 saturated carbocycles. The summed E-state index contributed by atoms with van der Waals surface area (Å²) in [5.74, 6) is 1.43. The van der Waals surface area contributed by atoms with Gasteiger partial charge in [-0.1, -0.05) is 130 Å². The Labute approximate surface area is 556 Å². The van der Waals surface area contributed by atoms with Crippen LogP contribution in [0.4, 0.5) is 0 Å². The van der Waals surface area contributed by atoms with E-state index in [9.17, 15) is 39.6 Å². The van der Waals surface area contributed by atoms with Gasteiger partial charge < -0.3 is 40.9 Å². The lowest BCUT2D eigenvalue weighted by atomic mass is 9.47. The molecule has 4 fully saturated rings. The van der Waals surface area contributed by atoms with Crippen molar-refractivity contribution in [1.29, 1.82) is 0 Å². The highest BCUT2D eigenvalue weighted by Gasteiger charge is 2.57. The fourth-order valence-corrected chi connectivity index (χ4v) is 20.8. The van der Waals surface area contributed by atoms with Crippen LogP contribution in [0.25, 0.3) is 0 Å². The van der Waals surface area contributed by atoms with Crippen molar-refractivity contribution in [1.82, 2.24) is 0 Å². The molecule has 12 heteroatoms. The Kier molecular flexibility index (Phi) is 27.7. The van der Waals surface area contributed by atoms with Crippen LogP contribution in [0.5, 0.6) is 0 Å². The monoisotopic (exact) mass is 1280 g/mol. The number of aliphatic carboxylic acids is 4. The number of rotatable bonds is 20. The van der Waals surface area contributed by atoms with Crippen LogP contribution in [-0.2, 0) is 19.2 Å². The predicted octanol–water partition coefficient (Wildman–Crippen LogP) is 18.3. The van der Waals surface area contributed by atoms with Gasteiger partial charge in [0.15, 0.2) is 0 Å². The molecule has 0 aromatic carbocycles. The molecule has 0 bridgehead atoms. The standard InChI is InChI=1S/4C20H32O3/c4*1-14(12-18(22)23)8-10-19(3)15(2)9-11-20(4)16(13-21)6-5-7-17(19)20/h4*6,12,15,17,21H,5,7-11,13H2,1-4H3,(H,22,23)/b4*14-12+/t4*15-,17-,19+,20-/m0000/s1. The number of hydrogen-bond donors (Lipinski definition) is 8. The molecule has 8 rings (SSSR count). The first-order valence-electron chi connectivity index (χ1n) is 35.8. The molecule has 12 nitrogen and oxygen atoms in total. The third-order valence-corrected chi connectivity index (χ3v) is 27.9. The zero-order valence-electron chi connectivity index (χ0n) is 60.2. The van der Waals surface area contributed by atoms with Crippen LogP contribution in [0.2, 0.25) is 0 Å². The summed E-state index contributed by atoms with van der Waals surface area (Å²) in [6, 6.07) is 0. The van der Waals surface area contributed by atoms with E-state index in [0.29, 0.717) is 47.3 Å². The summed E-state index contributed by atoms with van der Waals surface area (Å²) >= 11 is 0. The lowest BCUT2D eigenvalue weighted by Gasteiger charge is -2.58. The van der Waals surface area contributed by atoms with Crippen molar-refractivity contribution in [2.45, 2.75) is 265 Å². The fourth-order valence-electron chi connectivity index (χ4n) is 20.8. The van der Waals surface area contributed by atoms with E-state index in [1.165, 1.54) is 98.0 Å². The van der Waals surface area contributed by atoms with Crippen molar-refractivity contribution < 1.29 is 60.0 Å². The largest absolute Gasteiger partial charge is 0.478 e. The maximum absolute atomic E-state index is 10.9. The van der Waals surface area contributed by atoms with E-state index in [1.807, 2.05) is 27.7 Å². The van der Waals surface area contributed by atoms with E-state index in [-0.39, 0.29) is 69.7 Å². The average Bonchev–Trinajstić information content (AvgIpc) is 0.765. The Balaban J connectivity index is 0.000000223. The summed E-state index contributed by atoms with van der Waals surface area (Å²) in [4.78, 5) is 43.4. The van der Waals surface area contributed by atoms with E-state index in [0.717, 1.165) is 125 Å². The Morgan fingerprint density at radius 2 is 0.522 bits per heavy atom. The molecule has 0 saturated heterocycles. The summed E-state index contributed by atoms with van der Waals surface area (Å²) in [6.07, 6.45) is 40.2. The van der Waals surface area contributed by atoms with Gasteiger partial charge in [-0.2, -0.15) is 0 Å². The number of carbonyl (C=O) groups is 4. The van der Waals surface area contributed by atoms with Crippen molar-refractivity contribution in [3.05, 3.63) is 93.2 Å². The van der Waals surface area contributed by atoms with Crippen molar-refractivity contribution in [3.8, 4) is 0 Å². The normalized spacial score (nSPS) is 38.0. The molecule has 0 aromatic heterocycles. The molecule has 0 heterocycles. The smallest absolute Gasteiger partial charge is 0.328 e. The third-order valence-electron chi connectivity index (χ3n) is 27.9. The number of aliphatic hydroxyl groups excluding tert-OH is 4. The van der Waals surface area contributed by atoms with Gasteiger partial charge in [0.2, 0.25) is 0 Å². The minimum absolute atomic E-state index is 0.110. The molecule has 0 aliphatic heterocycles. The number of carboxylic acids is 4. The molecule has 92 heavy (non-hydrogen) atoms. The maximum atomic E-state index is 10.9. The highest BCUT2D eigenvalue weighted by Crippen LogP contribution is 2.66. The first-order chi connectivity index (χ1) is 42.9. The zero-order valence-corrected chi connectivity index (χ0v) is 60.2. The molecular formula is C80H128O12. The highest BCUT2D eigenvalue weighted by molar-refractivity contribution is 5.81. The van der Waals surface area contributed by atoms with Crippen molar-refractivity contribution in [3.63, 3.8) is 0 Å². The Hall–Kier alpha value is -4.36. The van der Waals surface area contributed by atoms with Crippen LogP contribution in [0.1, 0.15) is 265 Å². The lowest BCUT2D eigenvalue weighted by Crippen LogP contribution is -2.50. The molecule has 8 N–H and O–H groups in total. The number of allylic oxidation sites excluding steroid dienone is 8. The van der Waals surface area contributed by atoms with Crippen LogP contribution < -0.4 is 0 Å². The van der Waals surface area contributed by atoms with Gasteiger partial charge in [0.05, 0.1) is 26.4 Å². The lowest BCUT2D eigenvalue weighted by molar-refractivity contribution is -0.132. The first kappa shape index (κ1) is 78.3. The Bertz CT molecular complexity index is 2450. The summed E-state index contributed by atoms with van der Waals surface area (Å²) < 4.78 is 0. The van der Waals surface area contributed by atoms with Crippen LogP contribution in [-0.4, -0.2) is 91.2 Å². The molecule has 8 aliphatic rings. The average molecular weight is 1280 g/mol. The van der Waals surface area contributed by atoms with Gasteiger partial charge in [-0.15, -0.1) is 0 Å². The number of hydrogen-bond acceptors (Lipinski definition) is 8. The number of carboxylic acid groups (broad SMARTS) is 4. The van der Waals surface area contributed by atoms with Crippen molar-refractivity contribution in [2.75, 3.05) is 26.4 Å². The number of aliphatic hydroxyl groups is 4. The Morgan fingerprint density at radius 1 is 0.348 bits per heavy atom. The topological polar surface area (TPSA) is 230 Å². The molecule has 520 valence electrons. The van der Waals surface area contributed by atoms with Crippen LogP contribution in [0.3, 0.4) is 0 Å². The van der Waals surface area contributed by atoms with Crippen LogP contribution in [0.15, 0.2) is 93.2 Å². The second-order valence-corrected chi connectivity index (χ2v) is 32.8. The quantitative estimate of drug-likeness (QED) is 0.0420. The van der Waals surface area contributed by atoms with E-state index >= 15 is 0 Å². The summed E-state index contributed by atoms with van der Waals surface area (Å²) in [5.41, 5.74) is 9.96. The SMILES string of the molecule is C/C(=C\C(=O)O)CC[C@]1(C)[C@@H](C)CC[C@@]2(C)C(CO)=CCC[C@@H]12.C/C(=C\C(=O)O)CC[C@]1(C)[C@@H](C)CC[C@@]2(C)C(CO)=CCC[C@@H]12.C/C(=C\C(=O)O)CC[C@]1(C)[C@@H](C)CC[C@@]2(C)C(CO)=CCC[C@@H]12.C/C(=C\C(=O)O)CC[C@]1(C)[C@@H](C)CC[C@@]2(C)C(CO)=CCC[C@@H]12. The summed E-state index contributed by atoms with van der Waals surface area (Å²) in [7, 11) is 0. The van der Waals surface area contributed by atoms with Crippen molar-refractivity contribution in [2.24, 2.45) is 90.7 Å². The van der Waals surface area contributed by atoms with Gasteiger partial charge in [-0.25, -0.2) is 19.2 Å². The van der Waals surface area contributed by atoms with Gasteiger partial charge in [-0.3, -0.25) is 0 Å². The van der Waals surface area contributed by atoms with Gasteiger partial charge in [-0.05, 0) is 295 Å². The summed E-state index contributed by atoms with van der Waals surface area (Å²) in [6.45, 7) is 36.7. The highest BCUT2D eigenvalue weighted by atomic mass is 16.4. The van der Waals surface area contributed by atoms with E-state index < -0.39 is 23.9 Å². The molecule has 0 amide bonds. The molecular weight excluding hydrogens is 1150 g/mol. The Morgan fingerprint density at radius 3 is 0.674 bits per heavy atom. The second-order valence-electron chi connectivity index (χ2n) is 32.8. The fraction of sp³-hybridized carbons (Fsp3) is 0.750. The predicted molar refractivity (Wildman–Crippen MR) is 373 cm³/mol. The molecule has 0 unspecified atom stereocenters. The first-order valence-corrected chi connectivity index (χ1v) is 35.8. The number of fused-ring (bicyclic) bond motifs is 4. The van der Waals surface area contributed by atoms with E-state index in [1.54, 1.807) is 0 Å². The van der Waals surface area contributed by atoms with Crippen LogP contribution >= 0.6 is 0 Å². The molecule has 0 aromatic rings. The molecule has 0 radical (unpaired) electrons. The van der Waals surface area contributed by atoms with Gasteiger partial charge in [0, 0.05) is 24.3 Å².